The smallest absolute Gasteiger partial charge is 0.234 e. The molecule has 0 aliphatic heterocycles. The van der Waals surface area contributed by atoms with Crippen molar-refractivity contribution >= 4 is 35.0 Å². The Kier molecular flexibility index (Phi) is 7.92. The second-order valence-electron chi connectivity index (χ2n) is 8.09. The maximum atomic E-state index is 12.8. The molecule has 7 nitrogen and oxygen atoms in total. The van der Waals surface area contributed by atoms with Crippen LogP contribution in [-0.2, 0) is 4.79 Å². The minimum Gasteiger partial charge on any atom is -0.496 e. The summed E-state index contributed by atoms with van der Waals surface area (Å²) in [6.07, 6.45) is 0. The van der Waals surface area contributed by atoms with Gasteiger partial charge in [0.05, 0.1) is 18.4 Å². The van der Waals surface area contributed by atoms with Crippen LogP contribution in [0.1, 0.15) is 0 Å². The molecule has 190 valence electrons. The highest BCUT2D eigenvalue weighted by Gasteiger charge is 2.20. The summed E-state index contributed by atoms with van der Waals surface area (Å²) in [5.74, 6) is 2.67. The van der Waals surface area contributed by atoms with Gasteiger partial charge in [0, 0.05) is 16.4 Å². The Bertz CT molecular complexity index is 1520. The van der Waals surface area contributed by atoms with Crippen LogP contribution in [0.5, 0.6) is 17.2 Å². The summed E-state index contributed by atoms with van der Waals surface area (Å²) in [5, 5.41) is 12.9. The molecule has 0 radical (unpaired) electrons. The summed E-state index contributed by atoms with van der Waals surface area (Å²) in [7, 11) is 1.61. The number of methoxy groups -OCH3 is 1. The molecule has 38 heavy (non-hydrogen) atoms. The first-order chi connectivity index (χ1) is 18.6. The third-order valence-corrected chi connectivity index (χ3v) is 6.70. The fourth-order valence-corrected chi connectivity index (χ4v) is 4.63. The first kappa shape index (κ1) is 25.4. The van der Waals surface area contributed by atoms with Crippen LogP contribution < -0.4 is 14.8 Å². The summed E-state index contributed by atoms with van der Waals surface area (Å²) < 4.78 is 13.2. The summed E-state index contributed by atoms with van der Waals surface area (Å²) in [5.41, 5.74) is 2.27. The Balaban J connectivity index is 1.31. The van der Waals surface area contributed by atoms with Crippen molar-refractivity contribution in [3.05, 3.63) is 108 Å². The second kappa shape index (κ2) is 11.9. The van der Waals surface area contributed by atoms with E-state index in [1.807, 2.05) is 83.4 Å². The van der Waals surface area contributed by atoms with Gasteiger partial charge in [-0.15, -0.1) is 10.2 Å². The van der Waals surface area contributed by atoms with Gasteiger partial charge in [0.25, 0.3) is 0 Å². The van der Waals surface area contributed by atoms with Crippen LogP contribution in [-0.4, -0.2) is 33.5 Å². The lowest BCUT2D eigenvalue weighted by atomic mass is 10.2. The van der Waals surface area contributed by atoms with Crippen LogP contribution in [0.2, 0.25) is 5.02 Å². The van der Waals surface area contributed by atoms with E-state index in [0.717, 1.165) is 17.0 Å². The monoisotopic (exact) mass is 542 g/mol. The fourth-order valence-electron chi connectivity index (χ4n) is 3.75. The summed E-state index contributed by atoms with van der Waals surface area (Å²) in [4.78, 5) is 12.8. The molecule has 9 heteroatoms. The standard InChI is InChI=1S/C29H23ClN4O3S/c1-36-26-10-6-5-9-25(26)28-32-33-29(34(28)22-15-11-20(30)12-16-22)38-19-27(35)31-21-13-17-24(18-14-21)37-23-7-3-2-4-8-23/h2-18H,19H2,1H3,(H,31,35). The highest BCUT2D eigenvalue weighted by molar-refractivity contribution is 7.99. The molecule has 5 aromatic rings. The van der Waals surface area contributed by atoms with Gasteiger partial charge < -0.3 is 14.8 Å². The van der Waals surface area contributed by atoms with E-state index in [4.69, 9.17) is 21.1 Å². The molecule has 0 aliphatic carbocycles. The van der Waals surface area contributed by atoms with Gasteiger partial charge in [-0.25, -0.2) is 0 Å². The van der Waals surface area contributed by atoms with Crippen molar-refractivity contribution in [3.8, 4) is 34.3 Å². The van der Waals surface area contributed by atoms with Crippen LogP contribution in [0.25, 0.3) is 17.1 Å². The van der Waals surface area contributed by atoms with E-state index >= 15 is 0 Å². The molecule has 1 aromatic heterocycles. The van der Waals surface area contributed by atoms with Crippen LogP contribution in [0, 0.1) is 0 Å². The van der Waals surface area contributed by atoms with Crippen molar-refractivity contribution in [2.24, 2.45) is 0 Å². The molecular weight excluding hydrogens is 520 g/mol. The van der Waals surface area contributed by atoms with Crippen molar-refractivity contribution in [2.45, 2.75) is 5.16 Å². The van der Waals surface area contributed by atoms with Gasteiger partial charge in [-0.1, -0.05) is 53.7 Å². The van der Waals surface area contributed by atoms with Crippen molar-refractivity contribution in [3.63, 3.8) is 0 Å². The van der Waals surface area contributed by atoms with Crippen LogP contribution in [0.15, 0.2) is 108 Å². The van der Waals surface area contributed by atoms with Gasteiger partial charge in [0.15, 0.2) is 11.0 Å². The zero-order valence-corrected chi connectivity index (χ0v) is 21.9. The van der Waals surface area contributed by atoms with Gasteiger partial charge in [-0.3, -0.25) is 9.36 Å². The average molecular weight is 543 g/mol. The first-order valence-corrected chi connectivity index (χ1v) is 13.1. The van der Waals surface area contributed by atoms with Gasteiger partial charge in [-0.05, 0) is 72.8 Å². The van der Waals surface area contributed by atoms with E-state index in [1.165, 1.54) is 11.8 Å². The number of rotatable bonds is 9. The third kappa shape index (κ3) is 5.99. The van der Waals surface area contributed by atoms with Crippen LogP contribution >= 0.6 is 23.4 Å². The number of hydrogen-bond acceptors (Lipinski definition) is 6. The predicted molar refractivity (Wildman–Crippen MR) is 151 cm³/mol. The molecule has 0 saturated carbocycles. The molecule has 0 bridgehead atoms. The molecule has 1 N–H and O–H groups in total. The number of anilines is 1. The normalized spacial score (nSPS) is 10.7. The molecule has 0 spiro atoms. The first-order valence-electron chi connectivity index (χ1n) is 11.7. The van der Waals surface area contributed by atoms with Gasteiger partial charge in [0.1, 0.15) is 17.2 Å². The van der Waals surface area contributed by atoms with E-state index in [2.05, 4.69) is 15.5 Å². The number of carbonyl (C=O) groups excluding carboxylic acids is 1. The van der Waals surface area contributed by atoms with E-state index in [0.29, 0.717) is 33.2 Å². The quantitative estimate of drug-likeness (QED) is 0.200. The zero-order valence-electron chi connectivity index (χ0n) is 20.4. The van der Waals surface area contributed by atoms with Gasteiger partial charge in [0.2, 0.25) is 5.91 Å². The largest absolute Gasteiger partial charge is 0.496 e. The van der Waals surface area contributed by atoms with Gasteiger partial charge in [-0.2, -0.15) is 0 Å². The zero-order chi connectivity index (χ0) is 26.3. The van der Waals surface area contributed by atoms with Crippen molar-refractivity contribution in [1.82, 2.24) is 14.8 Å². The Labute approximate surface area is 229 Å². The van der Waals surface area contributed by atoms with Crippen molar-refractivity contribution in [2.75, 3.05) is 18.2 Å². The number of nitrogens with zero attached hydrogens (tertiary/aromatic N) is 3. The number of carbonyl (C=O) groups is 1. The minimum absolute atomic E-state index is 0.139. The molecule has 5 rings (SSSR count). The number of nitrogens with one attached hydrogen (secondary N) is 1. The number of aromatic nitrogens is 3. The Morgan fingerprint density at radius 2 is 1.55 bits per heavy atom. The molecule has 1 heterocycles. The van der Waals surface area contributed by atoms with Crippen molar-refractivity contribution in [1.29, 1.82) is 0 Å². The van der Waals surface area contributed by atoms with Gasteiger partial charge >= 0.3 is 0 Å². The SMILES string of the molecule is COc1ccccc1-c1nnc(SCC(=O)Nc2ccc(Oc3ccccc3)cc2)n1-c1ccc(Cl)cc1. The van der Waals surface area contributed by atoms with Crippen LogP contribution in [0.3, 0.4) is 0 Å². The number of halogens is 1. The number of benzene rings is 4. The minimum atomic E-state index is -0.170. The molecule has 0 atom stereocenters. The Hall–Kier alpha value is -4.27. The molecular formula is C29H23ClN4O3S. The van der Waals surface area contributed by atoms with E-state index in [9.17, 15) is 4.79 Å². The van der Waals surface area contributed by atoms with Crippen LogP contribution in [0.4, 0.5) is 5.69 Å². The number of ether oxygens (including phenoxy) is 2. The summed E-state index contributed by atoms with van der Waals surface area (Å²) >= 11 is 7.41. The number of amides is 1. The lowest BCUT2D eigenvalue weighted by Gasteiger charge is -2.12. The highest BCUT2D eigenvalue weighted by Crippen LogP contribution is 2.33. The molecule has 0 unspecified atom stereocenters. The molecule has 1 amide bonds. The number of hydrogen-bond donors (Lipinski definition) is 1. The Morgan fingerprint density at radius 3 is 2.29 bits per heavy atom. The molecule has 0 aliphatic rings. The number of thioether (sulfide) groups is 1. The number of para-hydroxylation sites is 2. The van der Waals surface area contributed by atoms with Crippen molar-refractivity contribution < 1.29 is 14.3 Å². The maximum Gasteiger partial charge on any atom is 0.234 e. The average Bonchev–Trinajstić information content (AvgIpc) is 3.37. The Morgan fingerprint density at radius 1 is 0.868 bits per heavy atom. The molecule has 0 fully saturated rings. The van der Waals surface area contributed by atoms with E-state index in [-0.39, 0.29) is 11.7 Å². The topological polar surface area (TPSA) is 78.3 Å². The predicted octanol–water partition coefficient (Wildman–Crippen LogP) is 7.12. The fraction of sp³-hybridized carbons (Fsp3) is 0.0690. The second-order valence-corrected chi connectivity index (χ2v) is 9.47. The lowest BCUT2D eigenvalue weighted by Crippen LogP contribution is -2.14. The molecule has 0 saturated heterocycles. The molecule has 4 aromatic carbocycles. The summed E-state index contributed by atoms with van der Waals surface area (Å²) in [6.45, 7) is 0. The third-order valence-electron chi connectivity index (χ3n) is 5.52. The highest BCUT2D eigenvalue weighted by atomic mass is 35.5. The summed E-state index contributed by atoms with van der Waals surface area (Å²) in [6, 6.07) is 31.7. The van der Waals surface area contributed by atoms with E-state index < -0.39 is 0 Å². The maximum absolute atomic E-state index is 12.8. The van der Waals surface area contributed by atoms with E-state index in [1.54, 1.807) is 31.4 Å². The lowest BCUT2D eigenvalue weighted by molar-refractivity contribution is -0.113.